The van der Waals surface area contributed by atoms with Crippen molar-refractivity contribution in [3.8, 4) is 0 Å². The SMILES string of the molecule is CCCNC1CCN(c2c(F)ccc(C)c2F)C1. The Morgan fingerprint density at radius 3 is 2.89 bits per heavy atom. The molecule has 1 N–H and O–H groups in total. The first-order valence-electron chi connectivity index (χ1n) is 6.56. The molecule has 1 fully saturated rings. The van der Waals surface area contributed by atoms with Crippen molar-refractivity contribution in [1.82, 2.24) is 5.32 Å². The van der Waals surface area contributed by atoms with Gasteiger partial charge in [-0.2, -0.15) is 0 Å². The van der Waals surface area contributed by atoms with Gasteiger partial charge in [-0.3, -0.25) is 0 Å². The molecule has 0 spiro atoms. The molecule has 0 radical (unpaired) electrons. The average Bonchev–Trinajstić information content (AvgIpc) is 2.80. The largest absolute Gasteiger partial charge is 0.365 e. The van der Waals surface area contributed by atoms with Crippen LogP contribution in [0, 0.1) is 18.6 Å². The van der Waals surface area contributed by atoms with Gasteiger partial charge in [0.2, 0.25) is 0 Å². The summed E-state index contributed by atoms with van der Waals surface area (Å²) in [7, 11) is 0. The zero-order chi connectivity index (χ0) is 13.1. The molecule has 0 aliphatic carbocycles. The quantitative estimate of drug-likeness (QED) is 0.889. The fraction of sp³-hybridized carbons (Fsp3) is 0.571. The van der Waals surface area contributed by atoms with E-state index in [4.69, 9.17) is 0 Å². The maximum Gasteiger partial charge on any atom is 0.152 e. The number of benzene rings is 1. The molecule has 2 rings (SSSR count). The Bertz CT molecular complexity index is 421. The summed E-state index contributed by atoms with van der Waals surface area (Å²) < 4.78 is 27.8. The number of nitrogens with zero attached hydrogens (tertiary/aromatic N) is 1. The standard InChI is InChI=1S/C14H20F2N2/c1-3-7-17-11-6-8-18(9-11)14-12(15)5-4-10(2)13(14)16/h4-5,11,17H,3,6-9H2,1-2H3. The number of nitrogens with one attached hydrogen (secondary N) is 1. The van der Waals surface area contributed by atoms with Crippen LogP contribution in [0.5, 0.6) is 0 Å². The van der Waals surface area contributed by atoms with E-state index in [1.165, 1.54) is 12.1 Å². The number of hydrogen-bond acceptors (Lipinski definition) is 2. The normalized spacial score (nSPS) is 19.6. The minimum Gasteiger partial charge on any atom is -0.365 e. The van der Waals surface area contributed by atoms with E-state index in [2.05, 4.69) is 12.2 Å². The summed E-state index contributed by atoms with van der Waals surface area (Å²) >= 11 is 0. The van der Waals surface area contributed by atoms with Crippen LogP contribution >= 0.6 is 0 Å². The first-order valence-corrected chi connectivity index (χ1v) is 6.56. The Labute approximate surface area is 107 Å². The van der Waals surface area contributed by atoms with Gasteiger partial charge in [0.1, 0.15) is 11.5 Å². The highest BCUT2D eigenvalue weighted by Crippen LogP contribution is 2.28. The lowest BCUT2D eigenvalue weighted by Gasteiger charge is -2.21. The smallest absolute Gasteiger partial charge is 0.152 e. The molecule has 1 unspecified atom stereocenters. The Kier molecular flexibility index (Phi) is 4.17. The van der Waals surface area contributed by atoms with Gasteiger partial charge in [-0.25, -0.2) is 8.78 Å². The van der Waals surface area contributed by atoms with Crippen molar-refractivity contribution in [3.63, 3.8) is 0 Å². The molecule has 100 valence electrons. The molecule has 1 aliphatic rings. The van der Waals surface area contributed by atoms with Gasteiger partial charge in [-0.05, 0) is 37.9 Å². The first kappa shape index (κ1) is 13.3. The lowest BCUT2D eigenvalue weighted by Crippen LogP contribution is -2.33. The highest BCUT2D eigenvalue weighted by atomic mass is 19.1. The van der Waals surface area contributed by atoms with Crippen molar-refractivity contribution in [2.24, 2.45) is 0 Å². The topological polar surface area (TPSA) is 15.3 Å². The molecule has 18 heavy (non-hydrogen) atoms. The third kappa shape index (κ3) is 2.64. The fourth-order valence-electron chi connectivity index (χ4n) is 2.41. The lowest BCUT2D eigenvalue weighted by molar-refractivity contribution is 0.544. The summed E-state index contributed by atoms with van der Waals surface area (Å²) in [5, 5.41) is 3.40. The van der Waals surface area contributed by atoms with Crippen LogP contribution in [-0.2, 0) is 0 Å². The minimum atomic E-state index is -0.464. The van der Waals surface area contributed by atoms with Crippen LogP contribution in [0.25, 0.3) is 0 Å². The first-order chi connectivity index (χ1) is 8.63. The second-order valence-electron chi connectivity index (χ2n) is 4.91. The van der Waals surface area contributed by atoms with Gasteiger partial charge in [0.15, 0.2) is 5.82 Å². The van der Waals surface area contributed by atoms with Crippen molar-refractivity contribution >= 4 is 5.69 Å². The van der Waals surface area contributed by atoms with Crippen LogP contribution < -0.4 is 10.2 Å². The van der Waals surface area contributed by atoms with Crippen LogP contribution in [-0.4, -0.2) is 25.7 Å². The van der Waals surface area contributed by atoms with E-state index in [1.54, 1.807) is 6.92 Å². The Hall–Kier alpha value is -1.16. The van der Waals surface area contributed by atoms with Crippen LogP contribution in [0.3, 0.4) is 0 Å². The molecular weight excluding hydrogens is 234 g/mol. The molecule has 1 heterocycles. The van der Waals surface area contributed by atoms with E-state index >= 15 is 0 Å². The molecular formula is C14H20F2N2. The second kappa shape index (κ2) is 5.65. The molecule has 0 bridgehead atoms. The van der Waals surface area contributed by atoms with Crippen molar-refractivity contribution in [3.05, 3.63) is 29.3 Å². The van der Waals surface area contributed by atoms with Gasteiger partial charge in [-0.15, -0.1) is 0 Å². The highest BCUT2D eigenvalue weighted by Gasteiger charge is 2.26. The van der Waals surface area contributed by atoms with Crippen LogP contribution in [0.4, 0.5) is 14.5 Å². The van der Waals surface area contributed by atoms with Crippen LogP contribution in [0.1, 0.15) is 25.3 Å². The molecule has 2 nitrogen and oxygen atoms in total. The third-order valence-corrected chi connectivity index (χ3v) is 3.45. The number of anilines is 1. The van der Waals surface area contributed by atoms with Gasteiger partial charge in [0.25, 0.3) is 0 Å². The Morgan fingerprint density at radius 2 is 2.17 bits per heavy atom. The number of halogens is 2. The van der Waals surface area contributed by atoms with Crippen LogP contribution in [0.2, 0.25) is 0 Å². The summed E-state index contributed by atoms with van der Waals surface area (Å²) in [4.78, 5) is 1.81. The van der Waals surface area contributed by atoms with E-state index in [1.807, 2.05) is 4.90 Å². The van der Waals surface area contributed by atoms with Crippen molar-refractivity contribution in [1.29, 1.82) is 0 Å². The lowest BCUT2D eigenvalue weighted by atomic mass is 10.2. The van der Waals surface area contributed by atoms with Crippen molar-refractivity contribution < 1.29 is 8.78 Å². The molecule has 0 amide bonds. The molecule has 0 aromatic heterocycles. The molecule has 1 aliphatic heterocycles. The Morgan fingerprint density at radius 1 is 1.39 bits per heavy atom. The Balaban J connectivity index is 2.12. The number of hydrogen-bond donors (Lipinski definition) is 1. The third-order valence-electron chi connectivity index (χ3n) is 3.45. The predicted molar refractivity (Wildman–Crippen MR) is 70.0 cm³/mol. The molecule has 1 aromatic carbocycles. The van der Waals surface area contributed by atoms with Crippen LogP contribution in [0.15, 0.2) is 12.1 Å². The van der Waals surface area contributed by atoms with Gasteiger partial charge in [0.05, 0.1) is 0 Å². The molecule has 1 atom stereocenters. The summed E-state index contributed by atoms with van der Waals surface area (Å²) in [5.41, 5.74) is 0.632. The monoisotopic (exact) mass is 254 g/mol. The molecule has 4 heteroatoms. The maximum atomic E-state index is 14.0. The second-order valence-corrected chi connectivity index (χ2v) is 4.91. The fourth-order valence-corrected chi connectivity index (χ4v) is 2.41. The summed E-state index contributed by atoms with van der Waals surface area (Å²) in [6.07, 6.45) is 2.01. The number of aryl methyl sites for hydroxylation is 1. The molecule has 1 saturated heterocycles. The minimum absolute atomic E-state index is 0.135. The number of rotatable bonds is 4. The summed E-state index contributed by atoms with van der Waals surface area (Å²) in [6, 6.07) is 3.17. The van der Waals surface area contributed by atoms with E-state index in [9.17, 15) is 8.78 Å². The van der Waals surface area contributed by atoms with E-state index < -0.39 is 11.6 Å². The van der Waals surface area contributed by atoms with Gasteiger partial charge in [-0.1, -0.05) is 13.0 Å². The van der Waals surface area contributed by atoms with E-state index in [0.717, 1.165) is 19.4 Å². The summed E-state index contributed by atoms with van der Waals surface area (Å²) in [5.74, 6) is -0.889. The molecule has 0 saturated carbocycles. The van der Waals surface area contributed by atoms with Gasteiger partial charge < -0.3 is 10.2 Å². The highest BCUT2D eigenvalue weighted by molar-refractivity contribution is 5.52. The van der Waals surface area contributed by atoms with E-state index in [-0.39, 0.29) is 5.69 Å². The predicted octanol–water partition coefficient (Wildman–Crippen LogP) is 2.85. The average molecular weight is 254 g/mol. The zero-order valence-corrected chi connectivity index (χ0v) is 11.0. The maximum absolute atomic E-state index is 14.0. The van der Waals surface area contributed by atoms with Crippen molar-refractivity contribution in [2.75, 3.05) is 24.5 Å². The zero-order valence-electron chi connectivity index (χ0n) is 11.0. The van der Waals surface area contributed by atoms with E-state index in [0.29, 0.717) is 24.7 Å². The van der Waals surface area contributed by atoms with Gasteiger partial charge >= 0.3 is 0 Å². The molecule has 1 aromatic rings. The van der Waals surface area contributed by atoms with Gasteiger partial charge in [0, 0.05) is 19.1 Å². The van der Waals surface area contributed by atoms with Crippen molar-refractivity contribution in [2.45, 2.75) is 32.7 Å². The summed E-state index contributed by atoms with van der Waals surface area (Å²) in [6.45, 7) is 6.12.